The van der Waals surface area contributed by atoms with Crippen LogP contribution >= 0.6 is 24.0 Å². The van der Waals surface area contributed by atoms with Gasteiger partial charge < -0.3 is 24.8 Å². The molecule has 0 aliphatic heterocycles. The third kappa shape index (κ3) is 10.6. The number of halogens is 1. The average Bonchev–Trinajstić information content (AvgIpc) is 3.09. The van der Waals surface area contributed by atoms with Crippen molar-refractivity contribution in [2.75, 3.05) is 44.8 Å². The van der Waals surface area contributed by atoms with Crippen LogP contribution in [0.2, 0.25) is 0 Å². The van der Waals surface area contributed by atoms with Gasteiger partial charge in [0.05, 0.1) is 0 Å². The summed E-state index contributed by atoms with van der Waals surface area (Å²) in [4.78, 5) is 6.97. The van der Waals surface area contributed by atoms with Gasteiger partial charge in [-0.2, -0.15) is 0 Å². The lowest BCUT2D eigenvalue weighted by molar-refractivity contribution is 0.108. The van der Waals surface area contributed by atoms with Crippen LogP contribution in [-0.4, -0.2) is 60.6 Å². The van der Waals surface area contributed by atoms with Crippen molar-refractivity contribution in [3.05, 3.63) is 42.0 Å². The van der Waals surface area contributed by atoms with Gasteiger partial charge in [-0.25, -0.2) is 4.99 Å². The van der Waals surface area contributed by atoms with E-state index in [0.29, 0.717) is 12.5 Å². The highest BCUT2D eigenvalue weighted by Crippen LogP contribution is 2.10. The van der Waals surface area contributed by atoms with Gasteiger partial charge in [0.25, 0.3) is 0 Å². The van der Waals surface area contributed by atoms with E-state index in [1.807, 2.05) is 24.6 Å². The third-order valence-electron chi connectivity index (χ3n) is 4.93. The first-order chi connectivity index (χ1) is 15.0. The average molecular weight is 558 g/mol. The molecule has 2 aromatic rings. The fourth-order valence-electron chi connectivity index (χ4n) is 2.95. The first kappa shape index (κ1) is 28.2. The Hall–Kier alpha value is -1.88. The molecule has 0 amide bonds. The number of aryl methyl sites for hydroxylation is 1. The molecule has 180 valence electrons. The highest BCUT2D eigenvalue weighted by atomic mass is 127. The van der Waals surface area contributed by atoms with Gasteiger partial charge in [-0.1, -0.05) is 32.0 Å². The number of ether oxygens (including phenoxy) is 1. The Morgan fingerprint density at radius 2 is 1.81 bits per heavy atom. The Morgan fingerprint density at radius 1 is 1.12 bits per heavy atom. The van der Waals surface area contributed by atoms with Gasteiger partial charge in [-0.3, -0.25) is 0 Å². The predicted molar refractivity (Wildman–Crippen MR) is 143 cm³/mol. The van der Waals surface area contributed by atoms with Crippen molar-refractivity contribution in [2.24, 2.45) is 18.0 Å². The lowest BCUT2D eigenvalue weighted by Crippen LogP contribution is -2.39. The third-order valence-corrected chi connectivity index (χ3v) is 4.93. The molecule has 0 unspecified atom stereocenters. The zero-order chi connectivity index (χ0) is 22.5. The molecule has 1 heterocycles. The second-order valence-corrected chi connectivity index (χ2v) is 8.17. The Morgan fingerprint density at radius 3 is 2.44 bits per heavy atom. The maximum absolute atomic E-state index is 5.66. The first-order valence-corrected chi connectivity index (χ1v) is 11.2. The Kier molecular flexibility index (Phi) is 13.9. The lowest BCUT2D eigenvalue weighted by Gasteiger charge is -2.19. The molecule has 0 atom stereocenters. The van der Waals surface area contributed by atoms with Gasteiger partial charge in [-0.15, -0.1) is 34.2 Å². The standard InChI is InChI=1S/C23H39N7O.HI/c1-19(2)18-31-16-10-14-25-23(26-17-22-28-27-20(3)30(22)5)24-13-9-15-29(4)21-11-7-6-8-12-21;/h6-8,11-12,19H,9-10,13-18H2,1-5H3,(H2,24,25,26);1H. The largest absolute Gasteiger partial charge is 0.381 e. The maximum atomic E-state index is 5.66. The summed E-state index contributed by atoms with van der Waals surface area (Å²) in [7, 11) is 4.09. The number of hydrogen-bond donors (Lipinski definition) is 2. The van der Waals surface area contributed by atoms with Gasteiger partial charge in [0.15, 0.2) is 11.8 Å². The van der Waals surface area contributed by atoms with Crippen LogP contribution in [0, 0.1) is 12.8 Å². The molecule has 8 nitrogen and oxygen atoms in total. The number of rotatable bonds is 13. The van der Waals surface area contributed by atoms with Crippen molar-refractivity contribution in [2.45, 2.75) is 40.2 Å². The van der Waals surface area contributed by atoms with Crippen molar-refractivity contribution in [1.29, 1.82) is 0 Å². The van der Waals surface area contributed by atoms with Crippen LogP contribution in [0.15, 0.2) is 35.3 Å². The molecule has 32 heavy (non-hydrogen) atoms. The number of nitrogens with zero attached hydrogens (tertiary/aromatic N) is 5. The molecule has 1 aromatic carbocycles. The lowest BCUT2D eigenvalue weighted by atomic mass is 10.2. The molecule has 0 saturated heterocycles. The first-order valence-electron chi connectivity index (χ1n) is 11.2. The summed E-state index contributed by atoms with van der Waals surface area (Å²) in [5.74, 6) is 3.10. The quantitative estimate of drug-likeness (QED) is 0.170. The number of para-hydroxylation sites is 1. The van der Waals surface area contributed by atoms with Crippen molar-refractivity contribution < 1.29 is 4.74 Å². The highest BCUT2D eigenvalue weighted by Gasteiger charge is 2.06. The highest BCUT2D eigenvalue weighted by molar-refractivity contribution is 14.0. The molecule has 0 saturated carbocycles. The van der Waals surface area contributed by atoms with Gasteiger partial charge >= 0.3 is 0 Å². The van der Waals surface area contributed by atoms with Crippen LogP contribution in [0.25, 0.3) is 0 Å². The van der Waals surface area contributed by atoms with Crippen molar-refractivity contribution in [3.63, 3.8) is 0 Å². The summed E-state index contributed by atoms with van der Waals surface area (Å²) < 4.78 is 7.63. The summed E-state index contributed by atoms with van der Waals surface area (Å²) in [6, 6.07) is 10.4. The molecule has 0 fully saturated rings. The van der Waals surface area contributed by atoms with E-state index in [1.54, 1.807) is 0 Å². The van der Waals surface area contributed by atoms with Gasteiger partial charge in [0.2, 0.25) is 0 Å². The van der Waals surface area contributed by atoms with Crippen LogP contribution < -0.4 is 15.5 Å². The minimum atomic E-state index is 0. The summed E-state index contributed by atoms with van der Waals surface area (Å²) in [6.07, 6.45) is 1.94. The molecule has 0 spiro atoms. The predicted octanol–water partition coefficient (Wildman–Crippen LogP) is 3.37. The summed E-state index contributed by atoms with van der Waals surface area (Å²) in [5, 5.41) is 15.2. The second-order valence-electron chi connectivity index (χ2n) is 8.17. The van der Waals surface area contributed by atoms with E-state index >= 15 is 0 Å². The molecule has 2 rings (SSSR count). The minimum Gasteiger partial charge on any atom is -0.381 e. The summed E-state index contributed by atoms with van der Waals surface area (Å²) in [5.41, 5.74) is 1.23. The van der Waals surface area contributed by atoms with Gasteiger partial charge in [0, 0.05) is 52.6 Å². The van der Waals surface area contributed by atoms with Gasteiger partial charge in [-0.05, 0) is 37.8 Å². The van der Waals surface area contributed by atoms with E-state index in [-0.39, 0.29) is 24.0 Å². The van der Waals surface area contributed by atoms with E-state index in [4.69, 9.17) is 9.73 Å². The van der Waals surface area contributed by atoms with E-state index in [9.17, 15) is 0 Å². The number of nitrogens with one attached hydrogen (secondary N) is 2. The second kappa shape index (κ2) is 15.8. The molecule has 0 aliphatic carbocycles. The number of anilines is 1. The van der Waals surface area contributed by atoms with Gasteiger partial charge in [0.1, 0.15) is 12.4 Å². The molecule has 9 heteroatoms. The maximum Gasteiger partial charge on any atom is 0.191 e. The van der Waals surface area contributed by atoms with E-state index < -0.39 is 0 Å². The molecule has 2 N–H and O–H groups in total. The number of aliphatic imine (C=N–C) groups is 1. The zero-order valence-corrected chi connectivity index (χ0v) is 22.5. The fourth-order valence-corrected chi connectivity index (χ4v) is 2.95. The normalized spacial score (nSPS) is 11.4. The molecular formula is C23H40IN7O. The minimum absolute atomic E-state index is 0. The smallest absolute Gasteiger partial charge is 0.191 e. The number of guanidine groups is 1. The number of hydrogen-bond acceptors (Lipinski definition) is 5. The Labute approximate surface area is 210 Å². The summed E-state index contributed by atoms with van der Waals surface area (Å²) in [6.45, 7) is 10.9. The van der Waals surface area contributed by atoms with E-state index in [1.165, 1.54) is 5.69 Å². The monoisotopic (exact) mass is 557 g/mol. The van der Waals surface area contributed by atoms with Crippen LogP contribution in [-0.2, 0) is 18.3 Å². The molecule has 1 aromatic heterocycles. The van der Waals surface area contributed by atoms with Crippen LogP contribution in [0.3, 0.4) is 0 Å². The van der Waals surface area contributed by atoms with Crippen LogP contribution in [0.4, 0.5) is 5.69 Å². The molecule has 0 aliphatic rings. The van der Waals surface area contributed by atoms with Crippen LogP contribution in [0.1, 0.15) is 38.3 Å². The topological polar surface area (TPSA) is 79.6 Å². The number of benzene rings is 1. The number of aromatic nitrogens is 3. The van der Waals surface area contributed by atoms with Crippen LogP contribution in [0.5, 0.6) is 0 Å². The fraction of sp³-hybridized carbons (Fsp3) is 0.609. The van der Waals surface area contributed by atoms with E-state index in [0.717, 1.165) is 63.3 Å². The van der Waals surface area contributed by atoms with Crippen molar-refractivity contribution in [3.8, 4) is 0 Å². The SMILES string of the molecule is Cc1nnc(CN=C(NCCCOCC(C)C)NCCCN(C)c2ccccc2)n1C.I. The molecular weight excluding hydrogens is 517 g/mol. The zero-order valence-electron chi connectivity index (χ0n) is 20.2. The Balaban J connectivity index is 0.00000512. The molecule has 0 radical (unpaired) electrons. The van der Waals surface area contributed by atoms with Crippen molar-refractivity contribution >= 4 is 35.6 Å². The van der Waals surface area contributed by atoms with E-state index in [2.05, 4.69) is 70.9 Å². The Bertz CT molecular complexity index is 780. The summed E-state index contributed by atoms with van der Waals surface area (Å²) >= 11 is 0. The molecule has 0 bridgehead atoms. The van der Waals surface area contributed by atoms with Crippen molar-refractivity contribution in [1.82, 2.24) is 25.4 Å².